The molecular formula is C10H15N3OS3. The molecule has 2 heterocycles. The van der Waals surface area contributed by atoms with Gasteiger partial charge in [-0.1, -0.05) is 23.1 Å². The molecule has 1 N–H and O–H groups in total. The lowest BCUT2D eigenvalue weighted by atomic mass is 10.2. The van der Waals surface area contributed by atoms with Gasteiger partial charge in [0.25, 0.3) is 0 Å². The monoisotopic (exact) mass is 289 g/mol. The standard InChI is InChI=1S/C10H15N3OS3/c1-6-3-4-7(2)13(6)8(14)5-16-10-12-11-9(15)17-10/h6-7H,3-5H2,1-2H3,(H,11,15)/t6-,7-/m0/s1. The third kappa shape index (κ3) is 3.08. The van der Waals surface area contributed by atoms with E-state index in [2.05, 4.69) is 24.0 Å². The summed E-state index contributed by atoms with van der Waals surface area (Å²) < 4.78 is 1.49. The first-order valence-corrected chi connectivity index (χ1v) is 7.78. The molecule has 17 heavy (non-hydrogen) atoms. The number of hydrogen-bond donors (Lipinski definition) is 1. The summed E-state index contributed by atoms with van der Waals surface area (Å²) in [5.41, 5.74) is 0. The van der Waals surface area contributed by atoms with Crippen LogP contribution in [0.5, 0.6) is 0 Å². The number of amides is 1. The second kappa shape index (κ2) is 5.49. The van der Waals surface area contributed by atoms with E-state index < -0.39 is 0 Å². The van der Waals surface area contributed by atoms with Crippen molar-refractivity contribution in [3.8, 4) is 0 Å². The highest BCUT2D eigenvalue weighted by molar-refractivity contribution is 8.01. The van der Waals surface area contributed by atoms with E-state index in [1.807, 2.05) is 4.90 Å². The van der Waals surface area contributed by atoms with Crippen molar-refractivity contribution < 1.29 is 4.79 Å². The number of nitrogens with one attached hydrogen (secondary N) is 1. The third-order valence-electron chi connectivity index (χ3n) is 2.98. The van der Waals surface area contributed by atoms with E-state index >= 15 is 0 Å². The van der Waals surface area contributed by atoms with Gasteiger partial charge in [-0.2, -0.15) is 5.10 Å². The molecule has 1 amide bonds. The van der Waals surface area contributed by atoms with Crippen molar-refractivity contribution >= 4 is 41.2 Å². The Kier molecular flexibility index (Phi) is 4.22. The van der Waals surface area contributed by atoms with Crippen LogP contribution in [0.3, 0.4) is 0 Å². The Morgan fingerprint density at radius 1 is 1.59 bits per heavy atom. The molecule has 1 aromatic rings. The Balaban J connectivity index is 1.91. The molecule has 1 fully saturated rings. The lowest BCUT2D eigenvalue weighted by Gasteiger charge is -2.25. The van der Waals surface area contributed by atoms with E-state index in [1.54, 1.807) is 0 Å². The average Bonchev–Trinajstić information content (AvgIpc) is 2.83. The van der Waals surface area contributed by atoms with Crippen molar-refractivity contribution in [3.05, 3.63) is 3.95 Å². The number of likely N-dealkylation sites (tertiary alicyclic amines) is 1. The summed E-state index contributed by atoms with van der Waals surface area (Å²) >= 11 is 7.82. The predicted octanol–water partition coefficient (Wildman–Crippen LogP) is 2.69. The molecule has 2 atom stereocenters. The van der Waals surface area contributed by atoms with Crippen LogP contribution in [0, 0.1) is 3.95 Å². The SMILES string of the molecule is C[C@H]1CC[C@H](C)N1C(=O)CSc1n[nH]c(=S)s1. The number of carbonyl (C=O) groups excluding carboxylic acids is 1. The summed E-state index contributed by atoms with van der Waals surface area (Å²) in [5, 5.41) is 6.75. The van der Waals surface area contributed by atoms with E-state index in [1.165, 1.54) is 23.1 Å². The molecule has 94 valence electrons. The van der Waals surface area contributed by atoms with Crippen LogP contribution < -0.4 is 0 Å². The zero-order valence-corrected chi connectivity index (χ0v) is 12.3. The minimum atomic E-state index is 0.202. The molecule has 7 heteroatoms. The third-order valence-corrected chi connectivity index (χ3v) is 5.19. The molecule has 0 aromatic carbocycles. The van der Waals surface area contributed by atoms with Gasteiger partial charge in [0.15, 0.2) is 8.29 Å². The number of thioether (sulfide) groups is 1. The Bertz CT molecular complexity index is 446. The molecule has 1 aromatic heterocycles. The number of nitrogens with zero attached hydrogens (tertiary/aromatic N) is 2. The average molecular weight is 289 g/mol. The number of carbonyl (C=O) groups is 1. The molecule has 1 saturated heterocycles. The van der Waals surface area contributed by atoms with Crippen molar-refractivity contribution in [2.24, 2.45) is 0 Å². The van der Waals surface area contributed by atoms with Crippen LogP contribution in [0.25, 0.3) is 0 Å². The molecule has 1 aliphatic heterocycles. The summed E-state index contributed by atoms with van der Waals surface area (Å²) in [6, 6.07) is 0.742. The van der Waals surface area contributed by atoms with Gasteiger partial charge >= 0.3 is 0 Å². The second-order valence-corrected chi connectivity index (χ2v) is 7.13. The zero-order valence-electron chi connectivity index (χ0n) is 9.80. The van der Waals surface area contributed by atoms with Gasteiger partial charge in [0.2, 0.25) is 5.91 Å². The molecule has 4 nitrogen and oxygen atoms in total. The van der Waals surface area contributed by atoms with Crippen LogP contribution in [0.2, 0.25) is 0 Å². The van der Waals surface area contributed by atoms with Gasteiger partial charge in [-0.25, -0.2) is 0 Å². The van der Waals surface area contributed by atoms with E-state index in [0.29, 0.717) is 21.8 Å². The summed E-state index contributed by atoms with van der Waals surface area (Å²) in [6.45, 7) is 4.23. The molecule has 0 radical (unpaired) electrons. The topological polar surface area (TPSA) is 49.0 Å². The molecule has 1 aliphatic rings. The first-order chi connectivity index (χ1) is 8.08. The first-order valence-electron chi connectivity index (χ1n) is 5.57. The van der Waals surface area contributed by atoms with Crippen molar-refractivity contribution in [2.45, 2.75) is 43.1 Å². The fourth-order valence-corrected chi connectivity index (χ4v) is 4.11. The lowest BCUT2D eigenvalue weighted by Crippen LogP contribution is -2.39. The van der Waals surface area contributed by atoms with Crippen LogP contribution in [0.1, 0.15) is 26.7 Å². The summed E-state index contributed by atoms with van der Waals surface area (Å²) in [4.78, 5) is 14.1. The van der Waals surface area contributed by atoms with Gasteiger partial charge < -0.3 is 4.90 Å². The normalized spacial score (nSPS) is 24.2. The molecule has 0 aliphatic carbocycles. The number of aromatic nitrogens is 2. The van der Waals surface area contributed by atoms with Crippen molar-refractivity contribution in [1.29, 1.82) is 0 Å². The molecule has 0 spiro atoms. The number of H-pyrrole nitrogens is 1. The smallest absolute Gasteiger partial charge is 0.233 e. The fourth-order valence-electron chi connectivity index (χ4n) is 2.16. The van der Waals surface area contributed by atoms with Crippen molar-refractivity contribution in [2.75, 3.05) is 5.75 Å². The molecule has 0 saturated carbocycles. The number of rotatable bonds is 3. The summed E-state index contributed by atoms with van der Waals surface area (Å²) in [7, 11) is 0. The largest absolute Gasteiger partial charge is 0.337 e. The number of hydrogen-bond acceptors (Lipinski definition) is 5. The van der Waals surface area contributed by atoms with Gasteiger partial charge in [-0.3, -0.25) is 9.89 Å². The predicted molar refractivity (Wildman–Crippen MR) is 73.0 cm³/mol. The maximum absolute atomic E-state index is 12.1. The van der Waals surface area contributed by atoms with Crippen LogP contribution in [0.4, 0.5) is 0 Å². The Hall–Kier alpha value is -0.400. The minimum absolute atomic E-state index is 0.202. The van der Waals surface area contributed by atoms with E-state index in [-0.39, 0.29) is 5.91 Å². The van der Waals surface area contributed by atoms with Crippen LogP contribution in [0.15, 0.2) is 4.34 Å². The fraction of sp³-hybridized carbons (Fsp3) is 0.700. The van der Waals surface area contributed by atoms with Gasteiger partial charge in [-0.05, 0) is 38.9 Å². The molecule has 0 unspecified atom stereocenters. The first kappa shape index (κ1) is 13.0. The molecule has 2 rings (SSSR count). The van der Waals surface area contributed by atoms with Gasteiger partial charge in [0.1, 0.15) is 0 Å². The summed E-state index contributed by atoms with van der Waals surface area (Å²) in [5.74, 6) is 0.652. The molecular weight excluding hydrogens is 274 g/mol. The maximum atomic E-state index is 12.1. The molecule has 0 bridgehead atoms. The quantitative estimate of drug-likeness (QED) is 0.686. The highest BCUT2D eigenvalue weighted by Crippen LogP contribution is 2.26. The summed E-state index contributed by atoms with van der Waals surface area (Å²) in [6.07, 6.45) is 2.22. The van der Waals surface area contributed by atoms with Crippen molar-refractivity contribution in [1.82, 2.24) is 15.1 Å². The van der Waals surface area contributed by atoms with E-state index in [0.717, 1.165) is 17.2 Å². The maximum Gasteiger partial charge on any atom is 0.233 e. The van der Waals surface area contributed by atoms with Crippen molar-refractivity contribution in [3.63, 3.8) is 0 Å². The Morgan fingerprint density at radius 2 is 2.24 bits per heavy atom. The van der Waals surface area contributed by atoms with E-state index in [4.69, 9.17) is 12.2 Å². The van der Waals surface area contributed by atoms with Crippen LogP contribution in [-0.4, -0.2) is 38.8 Å². The number of aromatic amines is 1. The van der Waals surface area contributed by atoms with E-state index in [9.17, 15) is 4.79 Å². The van der Waals surface area contributed by atoms with Crippen LogP contribution in [-0.2, 0) is 4.79 Å². The zero-order chi connectivity index (χ0) is 12.4. The second-order valence-electron chi connectivity index (χ2n) is 4.24. The van der Waals surface area contributed by atoms with Crippen LogP contribution >= 0.6 is 35.3 Å². The van der Waals surface area contributed by atoms with Gasteiger partial charge in [-0.15, -0.1) is 0 Å². The highest BCUT2D eigenvalue weighted by Gasteiger charge is 2.31. The Labute approximate surface area is 114 Å². The van der Waals surface area contributed by atoms with Gasteiger partial charge in [0, 0.05) is 12.1 Å². The minimum Gasteiger partial charge on any atom is -0.337 e. The Morgan fingerprint density at radius 3 is 2.76 bits per heavy atom. The van der Waals surface area contributed by atoms with Gasteiger partial charge in [0.05, 0.1) is 5.75 Å². The highest BCUT2D eigenvalue weighted by atomic mass is 32.2. The lowest BCUT2D eigenvalue weighted by molar-refractivity contribution is -0.130.